The van der Waals surface area contributed by atoms with Crippen LogP contribution >= 0.6 is 23.2 Å². The van der Waals surface area contributed by atoms with E-state index in [9.17, 15) is 9.59 Å². The summed E-state index contributed by atoms with van der Waals surface area (Å²) in [6.07, 6.45) is 4.99. The van der Waals surface area contributed by atoms with E-state index in [0.29, 0.717) is 22.0 Å². The molecule has 6 heteroatoms. The highest BCUT2D eigenvalue weighted by Crippen LogP contribution is 2.27. The maximum absolute atomic E-state index is 13.4. The monoisotopic (exact) mass is 460 g/mol. The van der Waals surface area contributed by atoms with Crippen molar-refractivity contribution in [3.05, 3.63) is 69.2 Å². The van der Waals surface area contributed by atoms with Crippen molar-refractivity contribution in [2.75, 3.05) is 0 Å². The van der Waals surface area contributed by atoms with Gasteiger partial charge in [-0.25, -0.2) is 0 Å². The van der Waals surface area contributed by atoms with E-state index < -0.39 is 6.04 Å². The van der Waals surface area contributed by atoms with Gasteiger partial charge in [0.1, 0.15) is 6.04 Å². The van der Waals surface area contributed by atoms with Gasteiger partial charge in [-0.15, -0.1) is 0 Å². The van der Waals surface area contributed by atoms with Crippen LogP contribution in [-0.4, -0.2) is 28.8 Å². The zero-order valence-corrected chi connectivity index (χ0v) is 19.7. The van der Waals surface area contributed by atoms with Crippen molar-refractivity contribution < 1.29 is 9.59 Å². The zero-order valence-electron chi connectivity index (χ0n) is 18.2. The van der Waals surface area contributed by atoms with E-state index in [1.54, 1.807) is 23.1 Å². The fourth-order valence-corrected chi connectivity index (χ4v) is 4.64. The van der Waals surface area contributed by atoms with Crippen LogP contribution in [0.15, 0.2) is 42.5 Å². The second-order valence-electron chi connectivity index (χ2n) is 8.30. The van der Waals surface area contributed by atoms with Crippen LogP contribution in [0.25, 0.3) is 0 Å². The van der Waals surface area contributed by atoms with Crippen molar-refractivity contribution in [3.63, 3.8) is 0 Å². The fourth-order valence-electron chi connectivity index (χ4n) is 4.12. The van der Waals surface area contributed by atoms with Crippen molar-refractivity contribution >= 4 is 35.0 Å². The summed E-state index contributed by atoms with van der Waals surface area (Å²) in [5.41, 5.74) is 2.71. The van der Waals surface area contributed by atoms with Crippen LogP contribution in [0.5, 0.6) is 0 Å². The minimum Gasteiger partial charge on any atom is -0.352 e. The van der Waals surface area contributed by atoms with Gasteiger partial charge in [0.15, 0.2) is 0 Å². The third kappa shape index (κ3) is 6.24. The number of carbonyl (C=O) groups is 2. The predicted molar refractivity (Wildman–Crippen MR) is 126 cm³/mol. The molecule has 0 bridgehead atoms. The first-order valence-corrected chi connectivity index (χ1v) is 11.7. The summed E-state index contributed by atoms with van der Waals surface area (Å²) in [4.78, 5) is 28.2. The molecule has 1 atom stereocenters. The lowest BCUT2D eigenvalue weighted by molar-refractivity contribution is -0.141. The third-order valence-corrected chi connectivity index (χ3v) is 6.66. The highest BCUT2D eigenvalue weighted by molar-refractivity contribution is 6.36. The second-order valence-corrected chi connectivity index (χ2v) is 9.11. The van der Waals surface area contributed by atoms with Crippen LogP contribution < -0.4 is 5.32 Å². The van der Waals surface area contributed by atoms with Gasteiger partial charge in [0.2, 0.25) is 11.8 Å². The minimum atomic E-state index is -0.578. The molecule has 3 rings (SSSR count). The molecular formula is C25H30Cl2N2O2. The first-order valence-electron chi connectivity index (χ1n) is 11.0. The maximum Gasteiger partial charge on any atom is 0.243 e. The standard InChI is InChI=1S/C25H30Cl2N2O2/c1-3-23(25(31)28-19-7-4-5-8-19)29(16-20-21(26)9-6-10-22(20)27)24(30)15-18-13-11-17(2)12-14-18/h6,9-14,19,23H,3-5,7-8,15-16H2,1-2H3,(H,28,31)/t23-/m0/s1. The van der Waals surface area contributed by atoms with Gasteiger partial charge in [-0.05, 0) is 43.9 Å². The molecule has 0 saturated heterocycles. The number of carbonyl (C=O) groups excluding carboxylic acids is 2. The minimum absolute atomic E-state index is 0.102. The molecular weight excluding hydrogens is 431 g/mol. The Morgan fingerprint density at radius 2 is 1.68 bits per heavy atom. The Morgan fingerprint density at radius 3 is 2.26 bits per heavy atom. The number of nitrogens with zero attached hydrogens (tertiary/aromatic N) is 1. The van der Waals surface area contributed by atoms with Crippen LogP contribution in [0.2, 0.25) is 10.0 Å². The highest BCUT2D eigenvalue weighted by atomic mass is 35.5. The molecule has 0 aliphatic heterocycles. The summed E-state index contributed by atoms with van der Waals surface area (Å²) in [7, 11) is 0. The Bertz CT molecular complexity index is 888. The van der Waals surface area contributed by atoms with Gasteiger partial charge in [-0.3, -0.25) is 9.59 Å². The number of halogens is 2. The number of aryl methyl sites for hydroxylation is 1. The highest BCUT2D eigenvalue weighted by Gasteiger charge is 2.31. The lowest BCUT2D eigenvalue weighted by atomic mass is 10.1. The molecule has 4 nitrogen and oxygen atoms in total. The lowest BCUT2D eigenvalue weighted by Gasteiger charge is -2.32. The normalized spacial score (nSPS) is 15.0. The van der Waals surface area contributed by atoms with Gasteiger partial charge in [0.25, 0.3) is 0 Å². The lowest BCUT2D eigenvalue weighted by Crippen LogP contribution is -2.51. The van der Waals surface area contributed by atoms with E-state index in [1.165, 1.54) is 0 Å². The van der Waals surface area contributed by atoms with Gasteiger partial charge in [0, 0.05) is 28.2 Å². The molecule has 0 spiro atoms. The fraction of sp³-hybridized carbons (Fsp3) is 0.440. The second kappa shape index (κ2) is 11.0. The molecule has 0 heterocycles. The van der Waals surface area contributed by atoms with Crippen molar-refractivity contribution in [1.82, 2.24) is 10.2 Å². The molecule has 0 radical (unpaired) electrons. The molecule has 166 valence electrons. The van der Waals surface area contributed by atoms with Gasteiger partial charge in [-0.1, -0.05) is 78.9 Å². The molecule has 1 aliphatic rings. The molecule has 0 aromatic heterocycles. The Balaban J connectivity index is 1.86. The number of rotatable bonds is 8. The number of amides is 2. The molecule has 0 unspecified atom stereocenters. The number of nitrogens with one attached hydrogen (secondary N) is 1. The van der Waals surface area contributed by atoms with Crippen molar-refractivity contribution in [1.29, 1.82) is 0 Å². The van der Waals surface area contributed by atoms with E-state index in [1.807, 2.05) is 38.1 Å². The smallest absolute Gasteiger partial charge is 0.243 e. The number of hydrogen-bond donors (Lipinski definition) is 1. The van der Waals surface area contributed by atoms with Crippen LogP contribution in [0.3, 0.4) is 0 Å². The third-order valence-electron chi connectivity index (χ3n) is 5.95. The molecule has 1 fully saturated rings. The first kappa shape index (κ1) is 23.6. The van der Waals surface area contributed by atoms with Crippen LogP contribution in [0, 0.1) is 6.92 Å². The summed E-state index contributed by atoms with van der Waals surface area (Å²) in [6, 6.07) is 12.8. The Labute approximate surface area is 194 Å². The molecule has 2 aromatic carbocycles. The Kier molecular flexibility index (Phi) is 8.39. The zero-order chi connectivity index (χ0) is 22.4. The van der Waals surface area contributed by atoms with E-state index in [-0.39, 0.29) is 30.8 Å². The number of hydrogen-bond acceptors (Lipinski definition) is 2. The van der Waals surface area contributed by atoms with Gasteiger partial charge < -0.3 is 10.2 Å². The summed E-state index contributed by atoms with van der Waals surface area (Å²) in [6.45, 7) is 4.14. The summed E-state index contributed by atoms with van der Waals surface area (Å²) >= 11 is 12.8. The Hall–Kier alpha value is -2.04. The molecule has 31 heavy (non-hydrogen) atoms. The van der Waals surface area contributed by atoms with E-state index in [2.05, 4.69) is 5.32 Å². The van der Waals surface area contributed by atoms with Gasteiger partial charge >= 0.3 is 0 Å². The van der Waals surface area contributed by atoms with Crippen LogP contribution in [0.4, 0.5) is 0 Å². The van der Waals surface area contributed by atoms with E-state index in [4.69, 9.17) is 23.2 Å². The maximum atomic E-state index is 13.4. The quantitative estimate of drug-likeness (QED) is 0.548. The molecule has 1 saturated carbocycles. The SMILES string of the molecule is CC[C@@H](C(=O)NC1CCCC1)N(Cc1c(Cl)cccc1Cl)C(=O)Cc1ccc(C)cc1. The largest absolute Gasteiger partial charge is 0.352 e. The summed E-state index contributed by atoms with van der Waals surface area (Å²) in [5.74, 6) is -0.219. The average molecular weight is 461 g/mol. The van der Waals surface area contributed by atoms with E-state index in [0.717, 1.165) is 36.8 Å². The van der Waals surface area contributed by atoms with Crippen molar-refractivity contribution in [2.45, 2.75) is 71.0 Å². The van der Waals surface area contributed by atoms with Crippen LogP contribution in [0.1, 0.15) is 55.7 Å². The molecule has 1 aliphatic carbocycles. The number of benzene rings is 2. The van der Waals surface area contributed by atoms with Gasteiger partial charge in [0.05, 0.1) is 6.42 Å². The molecule has 1 N–H and O–H groups in total. The van der Waals surface area contributed by atoms with Gasteiger partial charge in [-0.2, -0.15) is 0 Å². The van der Waals surface area contributed by atoms with Crippen molar-refractivity contribution in [2.24, 2.45) is 0 Å². The first-order chi connectivity index (χ1) is 14.9. The molecule has 2 aromatic rings. The average Bonchev–Trinajstić information content (AvgIpc) is 3.24. The van der Waals surface area contributed by atoms with Crippen LogP contribution in [-0.2, 0) is 22.6 Å². The Morgan fingerprint density at radius 1 is 1.06 bits per heavy atom. The summed E-state index contributed by atoms with van der Waals surface area (Å²) in [5, 5.41) is 4.14. The molecule has 2 amide bonds. The summed E-state index contributed by atoms with van der Waals surface area (Å²) < 4.78 is 0. The van der Waals surface area contributed by atoms with Crippen molar-refractivity contribution in [3.8, 4) is 0 Å². The topological polar surface area (TPSA) is 49.4 Å². The predicted octanol–water partition coefficient (Wildman–Crippen LogP) is 5.71. The van der Waals surface area contributed by atoms with E-state index >= 15 is 0 Å².